The van der Waals surface area contributed by atoms with Gasteiger partial charge in [0.05, 0.1) is 5.92 Å². The van der Waals surface area contributed by atoms with E-state index < -0.39 is 0 Å². The first-order chi connectivity index (χ1) is 13.2. The molecule has 0 aromatic heterocycles. The van der Waals surface area contributed by atoms with Gasteiger partial charge in [0.1, 0.15) is 0 Å². The molecule has 1 amide bonds. The monoisotopic (exact) mass is 366 g/mol. The third kappa shape index (κ3) is 4.11. The van der Waals surface area contributed by atoms with Crippen LogP contribution in [0.2, 0.25) is 0 Å². The fourth-order valence-corrected chi connectivity index (χ4v) is 3.62. The number of nitrogens with two attached hydrogens (primary N) is 2. The molecule has 0 aliphatic carbocycles. The predicted octanol–water partition coefficient (Wildman–Crippen LogP) is 2.58. The Bertz CT molecular complexity index is 834. The third-order valence-corrected chi connectivity index (χ3v) is 5.05. The molecule has 1 aliphatic heterocycles. The Labute approximate surface area is 159 Å². The van der Waals surface area contributed by atoms with E-state index in [9.17, 15) is 4.79 Å². The van der Waals surface area contributed by atoms with Crippen LogP contribution in [-0.4, -0.2) is 30.0 Å². The van der Waals surface area contributed by atoms with Crippen LogP contribution in [0.4, 0.5) is 5.69 Å². The maximum atomic E-state index is 13.3. The summed E-state index contributed by atoms with van der Waals surface area (Å²) in [6, 6.07) is 15.4. The quantitative estimate of drug-likeness (QED) is 0.230. The molecule has 0 bridgehead atoms. The lowest BCUT2D eigenvalue weighted by molar-refractivity contribution is -0.120. The summed E-state index contributed by atoms with van der Waals surface area (Å²) < 4.78 is 0. The van der Waals surface area contributed by atoms with E-state index in [-0.39, 0.29) is 17.7 Å². The van der Waals surface area contributed by atoms with Crippen molar-refractivity contribution in [1.29, 1.82) is 0 Å². The molecule has 3 rings (SSSR count). The number of oxime groups is 1. The van der Waals surface area contributed by atoms with Crippen LogP contribution in [0.1, 0.15) is 41.9 Å². The van der Waals surface area contributed by atoms with Crippen molar-refractivity contribution in [3.8, 4) is 0 Å². The maximum Gasteiger partial charge on any atom is 0.234 e. The lowest BCUT2D eigenvalue weighted by Gasteiger charge is -2.34. The summed E-state index contributed by atoms with van der Waals surface area (Å²) in [4.78, 5) is 15.2. The molecule has 2 aromatic carbocycles. The number of anilines is 1. The highest BCUT2D eigenvalue weighted by Gasteiger charge is 2.33. The second-order valence-corrected chi connectivity index (χ2v) is 6.84. The van der Waals surface area contributed by atoms with Gasteiger partial charge in [-0.2, -0.15) is 0 Å². The van der Waals surface area contributed by atoms with Crippen molar-refractivity contribution < 1.29 is 10.0 Å². The minimum Gasteiger partial charge on any atom is -0.409 e. The van der Waals surface area contributed by atoms with E-state index in [0.717, 1.165) is 36.1 Å². The van der Waals surface area contributed by atoms with Crippen molar-refractivity contribution in [3.63, 3.8) is 0 Å². The van der Waals surface area contributed by atoms with Crippen LogP contribution in [0, 0.1) is 0 Å². The van der Waals surface area contributed by atoms with Crippen LogP contribution >= 0.6 is 0 Å². The van der Waals surface area contributed by atoms with E-state index in [1.807, 2.05) is 41.3 Å². The normalized spacial score (nSPS) is 17.1. The number of carbonyl (C=O) groups excluding carboxylic acids is 1. The largest absolute Gasteiger partial charge is 0.409 e. The van der Waals surface area contributed by atoms with Crippen molar-refractivity contribution in [3.05, 3.63) is 65.2 Å². The molecule has 6 heteroatoms. The molecule has 2 aromatic rings. The Hall–Kier alpha value is -2.86. The Kier molecular flexibility index (Phi) is 6.08. The minimum absolute atomic E-state index is 0.0409. The van der Waals surface area contributed by atoms with Gasteiger partial charge >= 0.3 is 0 Å². The van der Waals surface area contributed by atoms with Crippen LogP contribution in [0.25, 0.3) is 0 Å². The first-order valence-corrected chi connectivity index (χ1v) is 9.33. The fraction of sp³-hybridized carbons (Fsp3) is 0.333. The van der Waals surface area contributed by atoms with Gasteiger partial charge < -0.3 is 21.6 Å². The number of fused-ring (bicyclic) bond motifs is 1. The van der Waals surface area contributed by atoms with Crippen LogP contribution in [-0.2, 0) is 11.2 Å². The summed E-state index contributed by atoms with van der Waals surface area (Å²) >= 11 is 0. The molecule has 0 radical (unpaired) electrons. The van der Waals surface area contributed by atoms with E-state index in [2.05, 4.69) is 11.2 Å². The number of carbonyl (C=O) groups is 1. The Morgan fingerprint density at radius 1 is 1.15 bits per heavy atom. The van der Waals surface area contributed by atoms with Crippen molar-refractivity contribution in [2.24, 2.45) is 16.6 Å². The first kappa shape index (κ1) is 18.9. The Morgan fingerprint density at radius 2 is 1.96 bits per heavy atom. The summed E-state index contributed by atoms with van der Waals surface area (Å²) in [6.07, 6.45) is 3.54. The van der Waals surface area contributed by atoms with Crippen LogP contribution in [0.15, 0.2) is 53.7 Å². The summed E-state index contributed by atoms with van der Waals surface area (Å²) in [5.41, 5.74) is 15.0. The lowest BCUT2D eigenvalue weighted by Crippen LogP contribution is -2.41. The minimum atomic E-state index is -0.277. The molecule has 1 atom stereocenters. The molecule has 142 valence electrons. The van der Waals surface area contributed by atoms with Crippen LogP contribution in [0.3, 0.4) is 0 Å². The standard InChI is InChI=1S/C21H26N4O2/c22-11-4-1-5-12-25-19-10-3-2-7-16(19)14-18(21(25)26)15-8-6-9-17(13-15)20(23)24-27/h2-3,6-10,13,18,27H,1,4-5,11-12,14,22H2,(H2,23,24). The summed E-state index contributed by atoms with van der Waals surface area (Å²) in [7, 11) is 0. The Balaban J connectivity index is 1.90. The highest BCUT2D eigenvalue weighted by Crippen LogP contribution is 2.35. The second kappa shape index (κ2) is 8.68. The molecule has 1 heterocycles. The number of hydrogen-bond donors (Lipinski definition) is 3. The zero-order chi connectivity index (χ0) is 19.2. The van der Waals surface area contributed by atoms with Gasteiger partial charge in [-0.05, 0) is 49.1 Å². The fourth-order valence-electron chi connectivity index (χ4n) is 3.62. The molecule has 27 heavy (non-hydrogen) atoms. The number of unbranched alkanes of at least 4 members (excludes halogenated alkanes) is 2. The number of benzene rings is 2. The number of amidine groups is 1. The van der Waals surface area contributed by atoms with E-state index in [0.29, 0.717) is 25.1 Å². The van der Waals surface area contributed by atoms with Crippen molar-refractivity contribution in [2.75, 3.05) is 18.0 Å². The second-order valence-electron chi connectivity index (χ2n) is 6.84. The van der Waals surface area contributed by atoms with Gasteiger partial charge in [-0.15, -0.1) is 0 Å². The van der Waals surface area contributed by atoms with Gasteiger partial charge in [-0.1, -0.05) is 48.0 Å². The molecule has 0 spiro atoms. The van der Waals surface area contributed by atoms with Crippen molar-refractivity contribution in [1.82, 2.24) is 0 Å². The Morgan fingerprint density at radius 3 is 2.74 bits per heavy atom. The van der Waals surface area contributed by atoms with Gasteiger partial charge in [0.2, 0.25) is 5.91 Å². The molecule has 0 saturated carbocycles. The number of para-hydroxylation sites is 1. The highest BCUT2D eigenvalue weighted by molar-refractivity contribution is 6.02. The van der Waals surface area contributed by atoms with Gasteiger partial charge in [0.15, 0.2) is 5.84 Å². The molecular formula is C21H26N4O2. The number of nitrogens with zero attached hydrogens (tertiary/aromatic N) is 2. The zero-order valence-corrected chi connectivity index (χ0v) is 15.3. The number of rotatable bonds is 7. The van der Waals surface area contributed by atoms with Crippen molar-refractivity contribution in [2.45, 2.75) is 31.6 Å². The van der Waals surface area contributed by atoms with Crippen LogP contribution < -0.4 is 16.4 Å². The van der Waals surface area contributed by atoms with Crippen molar-refractivity contribution >= 4 is 17.4 Å². The first-order valence-electron chi connectivity index (χ1n) is 9.33. The zero-order valence-electron chi connectivity index (χ0n) is 15.3. The number of hydrogen-bond acceptors (Lipinski definition) is 4. The van der Waals surface area contributed by atoms with Crippen LogP contribution in [0.5, 0.6) is 0 Å². The average molecular weight is 366 g/mol. The lowest BCUT2D eigenvalue weighted by atomic mass is 9.85. The van der Waals surface area contributed by atoms with Gasteiger partial charge in [-0.25, -0.2) is 0 Å². The topological polar surface area (TPSA) is 105 Å². The average Bonchev–Trinajstić information content (AvgIpc) is 2.71. The maximum absolute atomic E-state index is 13.3. The smallest absolute Gasteiger partial charge is 0.234 e. The molecule has 0 saturated heterocycles. The van der Waals surface area contributed by atoms with E-state index in [4.69, 9.17) is 16.7 Å². The highest BCUT2D eigenvalue weighted by atomic mass is 16.4. The molecule has 6 nitrogen and oxygen atoms in total. The molecule has 5 N–H and O–H groups in total. The molecular weight excluding hydrogens is 340 g/mol. The molecule has 0 fully saturated rings. The summed E-state index contributed by atoms with van der Waals surface area (Å²) in [5.74, 6) is -0.141. The summed E-state index contributed by atoms with van der Waals surface area (Å²) in [5, 5.41) is 12.0. The third-order valence-electron chi connectivity index (χ3n) is 5.05. The molecule has 1 unspecified atom stereocenters. The summed E-state index contributed by atoms with van der Waals surface area (Å²) in [6.45, 7) is 1.36. The predicted molar refractivity (Wildman–Crippen MR) is 107 cm³/mol. The van der Waals surface area contributed by atoms with E-state index in [1.54, 1.807) is 6.07 Å². The number of amides is 1. The van der Waals surface area contributed by atoms with Gasteiger partial charge in [-0.3, -0.25) is 4.79 Å². The van der Waals surface area contributed by atoms with E-state index >= 15 is 0 Å². The van der Waals surface area contributed by atoms with Gasteiger partial charge in [0, 0.05) is 17.8 Å². The molecule has 1 aliphatic rings. The SMILES string of the molecule is NCCCCCN1C(=O)C(c2cccc(/C(N)=N/O)c2)Cc2ccccc21. The van der Waals surface area contributed by atoms with E-state index in [1.165, 1.54) is 0 Å². The van der Waals surface area contributed by atoms with Gasteiger partial charge in [0.25, 0.3) is 0 Å².